The van der Waals surface area contributed by atoms with E-state index in [-0.39, 0.29) is 41.1 Å². The van der Waals surface area contributed by atoms with Gasteiger partial charge in [0.15, 0.2) is 15.7 Å². The molecule has 3 aromatic rings. The number of carbonyl (C=O) groups is 1. The van der Waals surface area contributed by atoms with Crippen molar-refractivity contribution in [1.82, 2.24) is 15.5 Å². The molecule has 0 unspecified atom stereocenters. The van der Waals surface area contributed by atoms with Gasteiger partial charge in [-0.25, -0.2) is 8.42 Å². The lowest BCUT2D eigenvalue weighted by Gasteiger charge is -2.04. The Labute approximate surface area is 177 Å². The van der Waals surface area contributed by atoms with Crippen LogP contribution in [-0.2, 0) is 33.4 Å². The Balaban J connectivity index is 1.51. The van der Waals surface area contributed by atoms with Crippen molar-refractivity contribution in [2.45, 2.75) is 37.0 Å². The lowest BCUT2D eigenvalue weighted by Crippen LogP contribution is -2.23. The maximum atomic E-state index is 12.4. The van der Waals surface area contributed by atoms with Crippen LogP contribution in [0.1, 0.15) is 29.3 Å². The van der Waals surface area contributed by atoms with Gasteiger partial charge < -0.3 is 9.84 Å². The molecule has 1 amide bonds. The van der Waals surface area contributed by atoms with Crippen LogP contribution in [0.5, 0.6) is 0 Å². The minimum atomic E-state index is -3.56. The van der Waals surface area contributed by atoms with Gasteiger partial charge in [0.2, 0.25) is 11.8 Å². The molecule has 0 radical (unpaired) electrons. The second-order valence-corrected chi connectivity index (χ2v) is 9.49. The summed E-state index contributed by atoms with van der Waals surface area (Å²) in [5.74, 6) is -0.196. The Hall–Kier alpha value is -2.52. The van der Waals surface area contributed by atoms with Crippen LogP contribution in [0.4, 0.5) is 0 Å². The summed E-state index contributed by atoms with van der Waals surface area (Å²) in [6.45, 7) is 2.30. The molecule has 0 saturated heterocycles. The molecule has 1 heterocycles. The summed E-state index contributed by atoms with van der Waals surface area (Å²) < 4.78 is 30.9. The molecule has 9 heteroatoms. The molecular weight excluding hydrogens is 458 g/mol. The quantitative estimate of drug-likeness (QED) is 0.533. The average molecular weight is 478 g/mol. The number of aryl methyl sites for hydroxylation is 2. The SMILES string of the molecule is Cc1ccc(S(=O)(=O)Cc2noc(CCC(=O)NCc3cccc(Br)c3)n2)cc1. The van der Waals surface area contributed by atoms with Gasteiger partial charge in [-0.2, -0.15) is 4.98 Å². The fourth-order valence-corrected chi connectivity index (χ4v) is 4.23. The summed E-state index contributed by atoms with van der Waals surface area (Å²) in [5, 5.41) is 6.55. The first-order valence-corrected chi connectivity index (χ1v) is 11.4. The van der Waals surface area contributed by atoms with Gasteiger partial charge in [-0.1, -0.05) is 50.9 Å². The lowest BCUT2D eigenvalue weighted by atomic mass is 10.2. The van der Waals surface area contributed by atoms with E-state index < -0.39 is 9.84 Å². The van der Waals surface area contributed by atoms with Gasteiger partial charge in [0.05, 0.1) is 4.90 Å². The van der Waals surface area contributed by atoms with Crippen LogP contribution >= 0.6 is 15.9 Å². The van der Waals surface area contributed by atoms with Gasteiger partial charge >= 0.3 is 0 Å². The van der Waals surface area contributed by atoms with Crippen LogP contribution in [0.3, 0.4) is 0 Å². The molecular formula is C20H20BrN3O4S. The van der Waals surface area contributed by atoms with E-state index in [0.717, 1.165) is 15.6 Å². The van der Waals surface area contributed by atoms with Gasteiger partial charge in [-0.15, -0.1) is 0 Å². The number of carbonyl (C=O) groups excluding carboxylic acids is 1. The summed E-state index contributed by atoms with van der Waals surface area (Å²) in [6, 6.07) is 14.3. The van der Waals surface area contributed by atoms with E-state index in [1.165, 1.54) is 0 Å². The van der Waals surface area contributed by atoms with Crippen LogP contribution in [0.2, 0.25) is 0 Å². The Kier molecular flexibility index (Phi) is 6.81. The highest BCUT2D eigenvalue weighted by Gasteiger charge is 2.19. The first-order chi connectivity index (χ1) is 13.8. The largest absolute Gasteiger partial charge is 0.352 e. The van der Waals surface area contributed by atoms with E-state index in [4.69, 9.17) is 4.52 Å². The van der Waals surface area contributed by atoms with Crippen molar-refractivity contribution in [2.24, 2.45) is 0 Å². The van der Waals surface area contributed by atoms with Crippen molar-refractivity contribution in [2.75, 3.05) is 0 Å². The summed E-state index contributed by atoms with van der Waals surface area (Å²) in [5.41, 5.74) is 1.96. The van der Waals surface area contributed by atoms with Crippen LogP contribution in [0, 0.1) is 6.92 Å². The van der Waals surface area contributed by atoms with Crippen molar-refractivity contribution < 1.29 is 17.7 Å². The minimum Gasteiger partial charge on any atom is -0.352 e. The Morgan fingerprint density at radius 3 is 2.66 bits per heavy atom. The van der Waals surface area contributed by atoms with Crippen LogP contribution in [-0.4, -0.2) is 24.5 Å². The van der Waals surface area contributed by atoms with Crippen molar-refractivity contribution in [1.29, 1.82) is 0 Å². The number of aromatic nitrogens is 2. The summed E-state index contributed by atoms with van der Waals surface area (Å²) in [6.07, 6.45) is 0.405. The number of halogens is 1. The highest BCUT2D eigenvalue weighted by molar-refractivity contribution is 9.10. The van der Waals surface area contributed by atoms with E-state index >= 15 is 0 Å². The molecule has 1 N–H and O–H groups in total. The van der Waals surface area contributed by atoms with E-state index in [2.05, 4.69) is 31.4 Å². The van der Waals surface area contributed by atoms with E-state index in [9.17, 15) is 13.2 Å². The van der Waals surface area contributed by atoms with E-state index in [1.54, 1.807) is 24.3 Å². The van der Waals surface area contributed by atoms with E-state index in [0.29, 0.717) is 6.54 Å². The molecule has 7 nitrogen and oxygen atoms in total. The topological polar surface area (TPSA) is 102 Å². The summed E-state index contributed by atoms with van der Waals surface area (Å²) in [7, 11) is -3.56. The van der Waals surface area contributed by atoms with Gasteiger partial charge in [0.25, 0.3) is 0 Å². The first kappa shape index (κ1) is 21.2. The molecule has 0 aliphatic carbocycles. The van der Waals surface area contributed by atoms with Crippen molar-refractivity contribution >= 4 is 31.7 Å². The molecule has 1 aromatic heterocycles. The molecule has 0 aliphatic heterocycles. The maximum Gasteiger partial charge on any atom is 0.227 e. The number of nitrogens with one attached hydrogen (secondary N) is 1. The number of hydrogen-bond acceptors (Lipinski definition) is 6. The van der Waals surface area contributed by atoms with Crippen molar-refractivity contribution in [3.05, 3.63) is 75.8 Å². The van der Waals surface area contributed by atoms with Crippen LogP contribution < -0.4 is 5.32 Å². The lowest BCUT2D eigenvalue weighted by molar-refractivity contribution is -0.121. The standard InChI is InChI=1S/C20H20BrN3O4S/c1-14-5-7-17(8-6-14)29(26,27)13-18-23-20(28-24-18)10-9-19(25)22-12-15-3-2-4-16(21)11-15/h2-8,11H,9-10,12-13H2,1H3,(H,22,25). The Morgan fingerprint density at radius 1 is 1.17 bits per heavy atom. The second-order valence-electron chi connectivity index (χ2n) is 6.58. The molecule has 152 valence electrons. The third-order valence-electron chi connectivity index (χ3n) is 4.15. The van der Waals surface area contributed by atoms with Gasteiger partial charge in [-0.3, -0.25) is 4.79 Å². The number of rotatable bonds is 8. The average Bonchev–Trinajstić information content (AvgIpc) is 3.12. The zero-order valence-electron chi connectivity index (χ0n) is 15.8. The molecule has 0 aliphatic rings. The zero-order valence-corrected chi connectivity index (χ0v) is 18.2. The molecule has 29 heavy (non-hydrogen) atoms. The monoisotopic (exact) mass is 477 g/mol. The van der Waals surface area contributed by atoms with Crippen LogP contribution in [0.25, 0.3) is 0 Å². The smallest absolute Gasteiger partial charge is 0.227 e. The van der Waals surface area contributed by atoms with Crippen molar-refractivity contribution in [3.63, 3.8) is 0 Å². The minimum absolute atomic E-state index is 0.0788. The molecule has 0 fully saturated rings. The first-order valence-electron chi connectivity index (χ1n) is 8.94. The predicted octanol–water partition coefficient (Wildman–Crippen LogP) is 3.36. The van der Waals surface area contributed by atoms with Gasteiger partial charge in [0.1, 0.15) is 5.75 Å². The van der Waals surface area contributed by atoms with Crippen molar-refractivity contribution in [3.8, 4) is 0 Å². The summed E-state index contributed by atoms with van der Waals surface area (Å²) >= 11 is 3.39. The van der Waals surface area contributed by atoms with Gasteiger partial charge in [0, 0.05) is 23.9 Å². The number of sulfone groups is 1. The fraction of sp³-hybridized carbons (Fsp3) is 0.250. The number of nitrogens with zero attached hydrogens (tertiary/aromatic N) is 2. The molecule has 3 rings (SSSR count). The molecule has 0 spiro atoms. The maximum absolute atomic E-state index is 12.4. The number of benzene rings is 2. The highest BCUT2D eigenvalue weighted by Crippen LogP contribution is 2.16. The molecule has 2 aromatic carbocycles. The molecule has 0 bridgehead atoms. The predicted molar refractivity (Wildman–Crippen MR) is 111 cm³/mol. The third kappa shape index (κ3) is 6.23. The zero-order chi connectivity index (χ0) is 20.9. The Morgan fingerprint density at radius 2 is 1.93 bits per heavy atom. The van der Waals surface area contributed by atoms with E-state index in [1.807, 2.05) is 31.2 Å². The summed E-state index contributed by atoms with van der Waals surface area (Å²) in [4.78, 5) is 16.3. The second kappa shape index (κ2) is 9.32. The molecule has 0 saturated carbocycles. The molecule has 0 atom stereocenters. The van der Waals surface area contributed by atoms with Gasteiger partial charge in [-0.05, 0) is 36.8 Å². The number of hydrogen-bond donors (Lipinski definition) is 1. The Bertz CT molecular complexity index is 1090. The van der Waals surface area contributed by atoms with Crippen LogP contribution in [0.15, 0.2) is 62.4 Å². The number of amides is 1. The fourth-order valence-electron chi connectivity index (χ4n) is 2.61. The third-order valence-corrected chi connectivity index (χ3v) is 6.28. The highest BCUT2D eigenvalue weighted by atomic mass is 79.9. The normalized spacial score (nSPS) is 11.4.